The van der Waals surface area contributed by atoms with Crippen molar-refractivity contribution in [3.05, 3.63) is 59.2 Å². The monoisotopic (exact) mass is 327 g/mol. The molecule has 0 saturated heterocycles. The molecule has 1 amide bonds. The molecule has 0 aliphatic heterocycles. The summed E-state index contributed by atoms with van der Waals surface area (Å²) in [6.45, 7) is 8.60. The van der Waals surface area contributed by atoms with Crippen molar-refractivity contribution >= 4 is 5.91 Å². The van der Waals surface area contributed by atoms with Crippen molar-refractivity contribution < 1.29 is 14.3 Å². The molecule has 1 atom stereocenters. The first kappa shape index (κ1) is 17.9. The molecule has 0 unspecified atom stereocenters. The predicted molar refractivity (Wildman–Crippen MR) is 95.7 cm³/mol. The maximum atomic E-state index is 12.1. The fourth-order valence-corrected chi connectivity index (χ4v) is 2.20. The average molecular weight is 327 g/mol. The van der Waals surface area contributed by atoms with Crippen LogP contribution in [0.25, 0.3) is 0 Å². The molecule has 0 heterocycles. The van der Waals surface area contributed by atoms with Crippen LogP contribution in [0.15, 0.2) is 42.5 Å². The fourth-order valence-electron chi connectivity index (χ4n) is 2.20. The summed E-state index contributed by atoms with van der Waals surface area (Å²) in [5, 5.41) is 2.83. The van der Waals surface area contributed by atoms with Gasteiger partial charge in [-0.15, -0.1) is 0 Å². The molecule has 2 aromatic carbocycles. The Bertz CT molecular complexity index is 680. The second kappa shape index (κ2) is 8.39. The van der Waals surface area contributed by atoms with E-state index in [1.54, 1.807) is 6.92 Å². The number of carbonyl (C=O) groups is 1. The lowest BCUT2D eigenvalue weighted by molar-refractivity contribution is -0.127. The average Bonchev–Trinajstić information content (AvgIpc) is 2.56. The second-order valence-electron chi connectivity index (χ2n) is 5.98. The zero-order valence-electron chi connectivity index (χ0n) is 14.8. The van der Waals surface area contributed by atoms with Gasteiger partial charge >= 0.3 is 0 Å². The number of aryl methyl sites for hydroxylation is 3. The Kier molecular flexibility index (Phi) is 6.24. The molecule has 1 N–H and O–H groups in total. The third-order valence-electron chi connectivity index (χ3n) is 3.71. The summed E-state index contributed by atoms with van der Waals surface area (Å²) in [7, 11) is 0. The van der Waals surface area contributed by atoms with E-state index in [1.807, 2.05) is 63.2 Å². The van der Waals surface area contributed by atoms with Gasteiger partial charge in [-0.05, 0) is 57.0 Å². The van der Waals surface area contributed by atoms with Crippen LogP contribution in [-0.2, 0) is 4.79 Å². The molecule has 24 heavy (non-hydrogen) atoms. The van der Waals surface area contributed by atoms with E-state index in [1.165, 1.54) is 5.56 Å². The molecule has 0 aliphatic carbocycles. The summed E-state index contributed by atoms with van der Waals surface area (Å²) in [4.78, 5) is 12.1. The fraction of sp³-hybridized carbons (Fsp3) is 0.350. The van der Waals surface area contributed by atoms with Crippen LogP contribution in [0.4, 0.5) is 0 Å². The lowest BCUT2D eigenvalue weighted by Crippen LogP contribution is -2.38. The van der Waals surface area contributed by atoms with Gasteiger partial charge in [0.05, 0.1) is 6.54 Å². The lowest BCUT2D eigenvalue weighted by atomic mass is 10.1. The van der Waals surface area contributed by atoms with Gasteiger partial charge in [0.2, 0.25) is 0 Å². The molecule has 128 valence electrons. The zero-order valence-corrected chi connectivity index (χ0v) is 14.8. The van der Waals surface area contributed by atoms with Crippen LogP contribution in [0.3, 0.4) is 0 Å². The Balaban J connectivity index is 1.75. The summed E-state index contributed by atoms with van der Waals surface area (Å²) in [6.07, 6.45) is -0.551. The van der Waals surface area contributed by atoms with Crippen molar-refractivity contribution in [2.24, 2.45) is 0 Å². The van der Waals surface area contributed by atoms with E-state index >= 15 is 0 Å². The van der Waals surface area contributed by atoms with Crippen LogP contribution in [0.1, 0.15) is 23.6 Å². The molecule has 0 aromatic heterocycles. The van der Waals surface area contributed by atoms with Crippen LogP contribution in [0.5, 0.6) is 11.5 Å². The van der Waals surface area contributed by atoms with Crippen molar-refractivity contribution in [2.45, 2.75) is 33.8 Å². The first-order valence-corrected chi connectivity index (χ1v) is 8.17. The minimum Gasteiger partial charge on any atom is -0.492 e. The van der Waals surface area contributed by atoms with Crippen molar-refractivity contribution in [1.29, 1.82) is 0 Å². The highest BCUT2D eigenvalue weighted by atomic mass is 16.5. The van der Waals surface area contributed by atoms with E-state index in [0.29, 0.717) is 13.2 Å². The van der Waals surface area contributed by atoms with E-state index < -0.39 is 6.10 Å². The normalized spacial score (nSPS) is 11.7. The van der Waals surface area contributed by atoms with Gasteiger partial charge in [-0.1, -0.05) is 29.8 Å². The molecule has 4 heteroatoms. The standard InChI is InChI=1S/C20H25NO3/c1-14-6-9-18(10-7-14)23-12-11-21-20(22)17(4)24-19-13-15(2)5-8-16(19)3/h5-10,13,17H,11-12H2,1-4H3,(H,21,22)/t17-/m1/s1. The molecule has 4 nitrogen and oxygen atoms in total. The van der Waals surface area contributed by atoms with Gasteiger partial charge in [-0.25, -0.2) is 0 Å². The minimum absolute atomic E-state index is 0.150. The highest BCUT2D eigenvalue weighted by Crippen LogP contribution is 2.20. The number of hydrogen-bond acceptors (Lipinski definition) is 3. The summed E-state index contributed by atoms with van der Waals surface area (Å²) in [5.74, 6) is 1.39. The highest BCUT2D eigenvalue weighted by molar-refractivity contribution is 5.80. The van der Waals surface area contributed by atoms with Gasteiger partial charge < -0.3 is 14.8 Å². The SMILES string of the molecule is Cc1ccc(OCCNC(=O)[C@@H](C)Oc2cc(C)ccc2C)cc1. The second-order valence-corrected chi connectivity index (χ2v) is 5.98. The van der Waals surface area contributed by atoms with E-state index in [0.717, 1.165) is 22.6 Å². The third kappa shape index (κ3) is 5.30. The minimum atomic E-state index is -0.551. The molecular weight excluding hydrogens is 302 g/mol. The van der Waals surface area contributed by atoms with Gasteiger partial charge in [0.15, 0.2) is 6.10 Å². The maximum absolute atomic E-state index is 12.1. The van der Waals surface area contributed by atoms with E-state index in [-0.39, 0.29) is 5.91 Å². The Morgan fingerprint density at radius 2 is 1.71 bits per heavy atom. The zero-order chi connectivity index (χ0) is 17.5. The molecule has 0 aliphatic rings. The summed E-state index contributed by atoms with van der Waals surface area (Å²) in [6, 6.07) is 13.8. The van der Waals surface area contributed by atoms with E-state index in [4.69, 9.17) is 9.47 Å². The summed E-state index contributed by atoms with van der Waals surface area (Å²) < 4.78 is 11.4. The largest absolute Gasteiger partial charge is 0.492 e. The van der Waals surface area contributed by atoms with Crippen LogP contribution < -0.4 is 14.8 Å². The quantitative estimate of drug-likeness (QED) is 0.791. The molecule has 0 saturated carbocycles. The number of ether oxygens (including phenoxy) is 2. The molecule has 2 aromatic rings. The van der Waals surface area contributed by atoms with Gasteiger partial charge in [0.1, 0.15) is 18.1 Å². The molecule has 0 spiro atoms. The van der Waals surface area contributed by atoms with Crippen molar-refractivity contribution in [2.75, 3.05) is 13.2 Å². The van der Waals surface area contributed by atoms with Gasteiger partial charge in [0, 0.05) is 0 Å². The van der Waals surface area contributed by atoms with E-state index in [9.17, 15) is 4.79 Å². The first-order chi connectivity index (χ1) is 11.5. The smallest absolute Gasteiger partial charge is 0.260 e. The molecular formula is C20H25NO3. The Morgan fingerprint density at radius 3 is 2.42 bits per heavy atom. The predicted octanol–water partition coefficient (Wildman–Crippen LogP) is 3.57. The number of hydrogen-bond donors (Lipinski definition) is 1. The molecule has 0 radical (unpaired) electrons. The van der Waals surface area contributed by atoms with Crippen molar-refractivity contribution in [1.82, 2.24) is 5.32 Å². The van der Waals surface area contributed by atoms with Crippen LogP contribution in [0.2, 0.25) is 0 Å². The van der Waals surface area contributed by atoms with Crippen LogP contribution >= 0.6 is 0 Å². The van der Waals surface area contributed by atoms with Crippen molar-refractivity contribution in [3.8, 4) is 11.5 Å². The number of benzene rings is 2. The van der Waals surface area contributed by atoms with Crippen LogP contribution in [0, 0.1) is 20.8 Å². The highest BCUT2D eigenvalue weighted by Gasteiger charge is 2.15. The Hall–Kier alpha value is -2.49. The molecule has 2 rings (SSSR count). The van der Waals surface area contributed by atoms with Gasteiger partial charge in [-0.3, -0.25) is 4.79 Å². The number of rotatable bonds is 7. The maximum Gasteiger partial charge on any atom is 0.260 e. The van der Waals surface area contributed by atoms with E-state index in [2.05, 4.69) is 5.32 Å². The van der Waals surface area contributed by atoms with Gasteiger partial charge in [-0.2, -0.15) is 0 Å². The summed E-state index contributed by atoms with van der Waals surface area (Å²) >= 11 is 0. The topological polar surface area (TPSA) is 47.6 Å². The third-order valence-corrected chi connectivity index (χ3v) is 3.71. The molecule has 0 bridgehead atoms. The number of carbonyl (C=O) groups excluding carboxylic acids is 1. The molecule has 0 fully saturated rings. The first-order valence-electron chi connectivity index (χ1n) is 8.17. The van der Waals surface area contributed by atoms with Gasteiger partial charge in [0.25, 0.3) is 5.91 Å². The summed E-state index contributed by atoms with van der Waals surface area (Å²) in [5.41, 5.74) is 3.31. The Labute approximate surface area is 143 Å². The van der Waals surface area contributed by atoms with Crippen LogP contribution in [-0.4, -0.2) is 25.2 Å². The lowest BCUT2D eigenvalue weighted by Gasteiger charge is -2.17. The Morgan fingerprint density at radius 1 is 1.04 bits per heavy atom. The number of amides is 1. The number of nitrogens with one attached hydrogen (secondary N) is 1. The van der Waals surface area contributed by atoms with Crippen molar-refractivity contribution in [3.63, 3.8) is 0 Å².